The summed E-state index contributed by atoms with van der Waals surface area (Å²) in [4.78, 5) is 5.47. The summed E-state index contributed by atoms with van der Waals surface area (Å²) in [6.07, 6.45) is 7.96. The van der Waals surface area contributed by atoms with Crippen LogP contribution in [0, 0.1) is 5.92 Å². The Morgan fingerprint density at radius 1 is 1.04 bits per heavy atom. The fraction of sp³-hybridized carbons (Fsp3) is 0.611. The van der Waals surface area contributed by atoms with Crippen LogP contribution in [0.5, 0.6) is 5.75 Å². The number of ether oxygens (including phenoxy) is 3. The van der Waals surface area contributed by atoms with Crippen molar-refractivity contribution in [2.75, 3.05) is 26.4 Å². The van der Waals surface area contributed by atoms with Gasteiger partial charge < -0.3 is 19.0 Å². The van der Waals surface area contributed by atoms with Crippen molar-refractivity contribution in [1.29, 1.82) is 0 Å². The predicted molar refractivity (Wildman–Crippen MR) is 87.8 cm³/mol. The van der Waals surface area contributed by atoms with E-state index in [1.807, 2.05) is 24.3 Å². The van der Waals surface area contributed by atoms with Crippen LogP contribution in [-0.2, 0) is 14.3 Å². The lowest BCUT2D eigenvalue weighted by atomic mass is 9.90. The average molecular weight is 319 g/mol. The highest BCUT2D eigenvalue weighted by atomic mass is 16.7. The van der Waals surface area contributed by atoms with E-state index >= 15 is 0 Å². The van der Waals surface area contributed by atoms with Crippen molar-refractivity contribution in [3.05, 3.63) is 29.8 Å². The molecule has 2 aliphatic rings. The molecule has 3 rings (SSSR count). The maximum atomic E-state index is 5.77. The molecule has 0 spiro atoms. The second kappa shape index (κ2) is 8.89. The Bertz CT molecular complexity index is 494. The van der Waals surface area contributed by atoms with E-state index in [0.717, 1.165) is 11.3 Å². The topological polar surface area (TPSA) is 49.3 Å². The lowest BCUT2D eigenvalue weighted by Crippen LogP contribution is -2.18. The first-order valence-corrected chi connectivity index (χ1v) is 8.52. The van der Waals surface area contributed by atoms with Gasteiger partial charge in [0, 0.05) is 5.56 Å². The number of nitrogens with zero attached hydrogens (tertiary/aromatic N) is 1. The van der Waals surface area contributed by atoms with Crippen molar-refractivity contribution in [2.24, 2.45) is 11.1 Å². The molecule has 1 aromatic carbocycles. The van der Waals surface area contributed by atoms with Gasteiger partial charge in [-0.15, -0.1) is 0 Å². The molecule has 5 nitrogen and oxygen atoms in total. The maximum absolute atomic E-state index is 5.77. The Labute approximate surface area is 137 Å². The van der Waals surface area contributed by atoms with Gasteiger partial charge in [0.15, 0.2) is 6.29 Å². The van der Waals surface area contributed by atoms with Gasteiger partial charge in [0.1, 0.15) is 19.0 Å². The lowest BCUT2D eigenvalue weighted by Gasteiger charge is -2.19. The minimum absolute atomic E-state index is 0.275. The molecule has 0 amide bonds. The van der Waals surface area contributed by atoms with Crippen molar-refractivity contribution in [2.45, 2.75) is 38.4 Å². The average Bonchev–Trinajstić information content (AvgIpc) is 3.12. The minimum atomic E-state index is -0.275. The van der Waals surface area contributed by atoms with Crippen LogP contribution in [0.4, 0.5) is 0 Å². The van der Waals surface area contributed by atoms with Crippen LogP contribution in [0.1, 0.15) is 37.7 Å². The van der Waals surface area contributed by atoms with Crippen LogP contribution >= 0.6 is 0 Å². The molecule has 0 atom stereocenters. The summed E-state index contributed by atoms with van der Waals surface area (Å²) in [7, 11) is 0. The summed E-state index contributed by atoms with van der Waals surface area (Å²) in [5.74, 6) is 1.42. The number of oxime groups is 1. The van der Waals surface area contributed by atoms with Crippen LogP contribution in [0.2, 0.25) is 0 Å². The molecule has 23 heavy (non-hydrogen) atoms. The first-order chi connectivity index (χ1) is 11.4. The Balaban J connectivity index is 1.47. The summed E-state index contributed by atoms with van der Waals surface area (Å²) >= 11 is 0. The second-order valence-electron chi connectivity index (χ2n) is 6.05. The van der Waals surface area contributed by atoms with Gasteiger partial charge >= 0.3 is 0 Å². The first-order valence-electron chi connectivity index (χ1n) is 8.52. The van der Waals surface area contributed by atoms with Crippen LogP contribution in [0.3, 0.4) is 0 Å². The summed E-state index contributed by atoms with van der Waals surface area (Å²) in [5.41, 5.74) is 0.897. The Morgan fingerprint density at radius 3 is 2.65 bits per heavy atom. The van der Waals surface area contributed by atoms with E-state index in [1.165, 1.54) is 32.1 Å². The van der Waals surface area contributed by atoms with Gasteiger partial charge in [-0.05, 0) is 30.9 Å². The van der Waals surface area contributed by atoms with Crippen LogP contribution in [0.25, 0.3) is 0 Å². The highest BCUT2D eigenvalue weighted by molar-refractivity contribution is 5.83. The molecule has 1 saturated carbocycles. The van der Waals surface area contributed by atoms with E-state index in [1.54, 1.807) is 6.21 Å². The van der Waals surface area contributed by atoms with E-state index in [4.69, 9.17) is 19.0 Å². The van der Waals surface area contributed by atoms with Gasteiger partial charge in [-0.3, -0.25) is 0 Å². The van der Waals surface area contributed by atoms with Gasteiger partial charge in [0.05, 0.1) is 19.4 Å². The zero-order valence-corrected chi connectivity index (χ0v) is 13.5. The third kappa shape index (κ3) is 5.22. The standard InChI is InChI=1S/C18H25NO4/c1-2-6-15(7-3-1)13-23-19-12-16-8-4-5-9-17(16)22-14-18-20-10-11-21-18/h4-5,8-9,12,15,18H,1-3,6-7,10-11,13-14H2/b19-12-. The lowest BCUT2D eigenvalue weighted by molar-refractivity contribution is -0.0684. The maximum Gasteiger partial charge on any atom is 0.191 e. The van der Waals surface area contributed by atoms with Crippen molar-refractivity contribution in [3.8, 4) is 5.75 Å². The van der Waals surface area contributed by atoms with E-state index < -0.39 is 0 Å². The number of benzene rings is 1. The van der Waals surface area contributed by atoms with Crippen LogP contribution < -0.4 is 4.74 Å². The van der Waals surface area contributed by atoms with Crippen molar-refractivity contribution >= 4 is 6.21 Å². The SMILES string of the molecule is C(=N/OCC1CCCCC1)/c1ccccc1OCC1OCCO1. The minimum Gasteiger partial charge on any atom is -0.488 e. The Kier molecular flexibility index (Phi) is 6.29. The molecule has 1 heterocycles. The zero-order chi connectivity index (χ0) is 15.7. The molecule has 5 heteroatoms. The molecule has 0 bridgehead atoms. The Morgan fingerprint density at radius 2 is 1.83 bits per heavy atom. The van der Waals surface area contributed by atoms with Gasteiger partial charge in [-0.2, -0.15) is 0 Å². The molecule has 0 radical (unpaired) electrons. The third-order valence-electron chi connectivity index (χ3n) is 4.29. The van der Waals surface area contributed by atoms with Crippen molar-refractivity contribution in [3.63, 3.8) is 0 Å². The van der Waals surface area contributed by atoms with Gasteiger partial charge in [-0.25, -0.2) is 0 Å². The van der Waals surface area contributed by atoms with Gasteiger partial charge in [0.2, 0.25) is 0 Å². The van der Waals surface area contributed by atoms with Gasteiger partial charge in [0.25, 0.3) is 0 Å². The molecule has 1 aromatic rings. The largest absolute Gasteiger partial charge is 0.488 e. The number of para-hydroxylation sites is 1. The quantitative estimate of drug-likeness (QED) is 0.571. The summed E-state index contributed by atoms with van der Waals surface area (Å²) in [6.45, 7) is 2.36. The number of rotatable bonds is 7. The predicted octanol–water partition coefficient (Wildman–Crippen LogP) is 3.37. The molecule has 2 fully saturated rings. The van der Waals surface area contributed by atoms with Gasteiger partial charge in [-0.1, -0.05) is 36.6 Å². The Hall–Kier alpha value is -1.59. The molecule has 1 aliphatic carbocycles. The van der Waals surface area contributed by atoms with E-state index in [-0.39, 0.29) is 6.29 Å². The zero-order valence-electron chi connectivity index (χ0n) is 13.5. The molecule has 0 aromatic heterocycles. The molecular formula is C18H25NO4. The fourth-order valence-electron chi connectivity index (χ4n) is 2.98. The molecule has 1 saturated heterocycles. The second-order valence-corrected chi connectivity index (χ2v) is 6.05. The van der Waals surface area contributed by atoms with Crippen LogP contribution in [0.15, 0.2) is 29.4 Å². The van der Waals surface area contributed by atoms with Crippen LogP contribution in [-0.4, -0.2) is 38.9 Å². The molecule has 0 N–H and O–H groups in total. The van der Waals surface area contributed by atoms with Crippen molar-refractivity contribution in [1.82, 2.24) is 0 Å². The molecule has 126 valence electrons. The van der Waals surface area contributed by atoms with E-state index in [0.29, 0.717) is 32.3 Å². The summed E-state index contributed by atoms with van der Waals surface area (Å²) in [5, 5.41) is 4.11. The third-order valence-corrected chi connectivity index (χ3v) is 4.29. The highest BCUT2D eigenvalue weighted by Crippen LogP contribution is 2.23. The fourth-order valence-corrected chi connectivity index (χ4v) is 2.98. The summed E-state index contributed by atoms with van der Waals surface area (Å²) < 4.78 is 16.5. The monoisotopic (exact) mass is 319 g/mol. The van der Waals surface area contributed by atoms with E-state index in [2.05, 4.69) is 5.16 Å². The van der Waals surface area contributed by atoms with E-state index in [9.17, 15) is 0 Å². The highest BCUT2D eigenvalue weighted by Gasteiger charge is 2.17. The smallest absolute Gasteiger partial charge is 0.191 e. The number of hydrogen-bond donors (Lipinski definition) is 0. The molecule has 0 unspecified atom stereocenters. The molecule has 1 aliphatic heterocycles. The molecular weight excluding hydrogens is 294 g/mol. The normalized spacial score (nSPS) is 20.2. The summed E-state index contributed by atoms with van der Waals surface area (Å²) in [6, 6.07) is 7.76. The number of hydrogen-bond acceptors (Lipinski definition) is 5. The first kappa shape index (κ1) is 16.3. The van der Waals surface area contributed by atoms with Crippen molar-refractivity contribution < 1.29 is 19.0 Å².